The van der Waals surface area contributed by atoms with Gasteiger partial charge in [-0.05, 0) is 32.2 Å². The summed E-state index contributed by atoms with van der Waals surface area (Å²) >= 11 is 0. The van der Waals surface area contributed by atoms with Crippen LogP contribution in [0.1, 0.15) is 32.6 Å². The predicted octanol–water partition coefficient (Wildman–Crippen LogP) is 0.864. The van der Waals surface area contributed by atoms with Crippen LogP contribution in [-0.2, 0) is 9.47 Å². The highest BCUT2D eigenvalue weighted by atomic mass is 16.5. The SMILES string of the molecule is CCCNC1CCOCC1CN1CCC(OCCO)CC1. The maximum Gasteiger partial charge on any atom is 0.0701 e. The molecule has 0 aliphatic carbocycles. The molecule has 0 bridgehead atoms. The van der Waals surface area contributed by atoms with E-state index in [2.05, 4.69) is 17.1 Å². The molecule has 124 valence electrons. The maximum absolute atomic E-state index is 8.81. The molecule has 2 fully saturated rings. The molecule has 0 radical (unpaired) electrons. The van der Waals surface area contributed by atoms with Gasteiger partial charge in [-0.2, -0.15) is 0 Å². The van der Waals surface area contributed by atoms with E-state index in [9.17, 15) is 0 Å². The Labute approximate surface area is 129 Å². The fourth-order valence-electron chi connectivity index (χ4n) is 3.38. The number of hydrogen-bond acceptors (Lipinski definition) is 5. The number of ether oxygens (including phenoxy) is 2. The molecule has 0 spiro atoms. The molecule has 0 saturated carbocycles. The third kappa shape index (κ3) is 5.83. The minimum absolute atomic E-state index is 0.129. The van der Waals surface area contributed by atoms with E-state index in [1.807, 2.05) is 0 Å². The van der Waals surface area contributed by atoms with E-state index in [0.717, 1.165) is 58.7 Å². The number of nitrogens with zero attached hydrogens (tertiary/aromatic N) is 1. The van der Waals surface area contributed by atoms with Crippen LogP contribution < -0.4 is 5.32 Å². The Morgan fingerprint density at radius 3 is 2.81 bits per heavy atom. The van der Waals surface area contributed by atoms with Gasteiger partial charge in [0.05, 0.1) is 25.9 Å². The Bertz CT molecular complexity index is 270. The highest BCUT2D eigenvalue weighted by Crippen LogP contribution is 2.20. The van der Waals surface area contributed by atoms with Crippen LogP contribution in [0.25, 0.3) is 0 Å². The number of rotatable bonds is 8. The molecule has 0 aromatic heterocycles. The van der Waals surface area contributed by atoms with Crippen LogP contribution in [0.15, 0.2) is 0 Å². The molecular formula is C16H32N2O3. The standard InChI is InChI=1S/C16H32N2O3/c1-2-6-17-16-5-10-20-13-14(16)12-18-7-3-15(4-8-18)21-11-9-19/h14-17,19H,2-13H2,1H3. The minimum Gasteiger partial charge on any atom is -0.394 e. The van der Waals surface area contributed by atoms with E-state index >= 15 is 0 Å². The largest absolute Gasteiger partial charge is 0.394 e. The summed E-state index contributed by atoms with van der Waals surface area (Å²) in [6, 6.07) is 0.613. The quantitative estimate of drug-likeness (QED) is 0.696. The van der Waals surface area contributed by atoms with Crippen LogP contribution in [0.4, 0.5) is 0 Å². The first-order chi connectivity index (χ1) is 10.3. The van der Waals surface area contributed by atoms with Crippen molar-refractivity contribution >= 4 is 0 Å². The highest BCUT2D eigenvalue weighted by Gasteiger charge is 2.28. The molecule has 2 aliphatic rings. The molecule has 0 amide bonds. The van der Waals surface area contributed by atoms with Gasteiger partial charge in [-0.1, -0.05) is 6.92 Å². The molecule has 0 aromatic carbocycles. The molecule has 5 heteroatoms. The lowest BCUT2D eigenvalue weighted by Gasteiger charge is -2.38. The molecule has 2 aliphatic heterocycles. The Morgan fingerprint density at radius 2 is 2.10 bits per heavy atom. The topological polar surface area (TPSA) is 54.0 Å². The molecule has 2 N–H and O–H groups in total. The number of aliphatic hydroxyl groups is 1. The summed E-state index contributed by atoms with van der Waals surface area (Å²) < 4.78 is 11.3. The Kier molecular flexibility index (Phi) is 7.96. The van der Waals surface area contributed by atoms with Crippen molar-refractivity contribution in [2.24, 2.45) is 5.92 Å². The van der Waals surface area contributed by atoms with Gasteiger partial charge in [-0.25, -0.2) is 0 Å². The van der Waals surface area contributed by atoms with E-state index in [1.165, 1.54) is 6.42 Å². The van der Waals surface area contributed by atoms with Crippen molar-refractivity contribution in [3.63, 3.8) is 0 Å². The predicted molar refractivity (Wildman–Crippen MR) is 83.5 cm³/mol. The molecule has 0 aromatic rings. The second-order valence-corrected chi connectivity index (χ2v) is 6.28. The molecule has 2 atom stereocenters. The molecule has 2 heterocycles. The smallest absolute Gasteiger partial charge is 0.0701 e. The van der Waals surface area contributed by atoms with Gasteiger partial charge in [0.2, 0.25) is 0 Å². The Balaban J connectivity index is 1.70. The third-order valence-electron chi connectivity index (χ3n) is 4.60. The van der Waals surface area contributed by atoms with E-state index < -0.39 is 0 Å². The van der Waals surface area contributed by atoms with E-state index in [1.54, 1.807) is 0 Å². The van der Waals surface area contributed by atoms with Gasteiger partial charge in [0.1, 0.15) is 0 Å². The van der Waals surface area contributed by atoms with Crippen LogP contribution >= 0.6 is 0 Å². The average Bonchev–Trinajstić information content (AvgIpc) is 2.53. The van der Waals surface area contributed by atoms with Gasteiger partial charge in [0.25, 0.3) is 0 Å². The molecule has 5 nitrogen and oxygen atoms in total. The van der Waals surface area contributed by atoms with Gasteiger partial charge in [0.15, 0.2) is 0 Å². The first kappa shape index (κ1) is 17.2. The van der Waals surface area contributed by atoms with Gasteiger partial charge in [0, 0.05) is 38.2 Å². The second-order valence-electron chi connectivity index (χ2n) is 6.28. The summed E-state index contributed by atoms with van der Waals surface area (Å²) in [5.41, 5.74) is 0. The number of likely N-dealkylation sites (tertiary alicyclic amines) is 1. The maximum atomic E-state index is 8.81. The number of piperidine rings is 1. The lowest BCUT2D eigenvalue weighted by atomic mass is 9.94. The van der Waals surface area contributed by atoms with Crippen LogP contribution in [0.5, 0.6) is 0 Å². The van der Waals surface area contributed by atoms with Gasteiger partial charge >= 0.3 is 0 Å². The van der Waals surface area contributed by atoms with Crippen molar-refractivity contribution < 1.29 is 14.6 Å². The summed E-state index contributed by atoms with van der Waals surface area (Å²) in [6.07, 6.45) is 4.84. The number of hydrogen-bond donors (Lipinski definition) is 2. The van der Waals surface area contributed by atoms with Crippen molar-refractivity contribution in [1.82, 2.24) is 10.2 Å². The van der Waals surface area contributed by atoms with Crippen LogP contribution in [0.3, 0.4) is 0 Å². The summed E-state index contributed by atoms with van der Waals surface area (Å²) in [7, 11) is 0. The first-order valence-corrected chi connectivity index (χ1v) is 8.59. The van der Waals surface area contributed by atoms with E-state index in [4.69, 9.17) is 14.6 Å². The Hall–Kier alpha value is -0.200. The molecule has 2 saturated heterocycles. The van der Waals surface area contributed by atoms with Crippen molar-refractivity contribution in [1.29, 1.82) is 0 Å². The normalized spacial score (nSPS) is 28.9. The Morgan fingerprint density at radius 1 is 1.29 bits per heavy atom. The van der Waals surface area contributed by atoms with Crippen molar-refractivity contribution in [3.8, 4) is 0 Å². The van der Waals surface area contributed by atoms with E-state index in [-0.39, 0.29) is 6.61 Å². The number of aliphatic hydroxyl groups excluding tert-OH is 1. The second kappa shape index (κ2) is 9.74. The summed E-state index contributed by atoms with van der Waals surface area (Å²) in [4.78, 5) is 2.55. The van der Waals surface area contributed by atoms with Crippen LogP contribution in [0, 0.1) is 5.92 Å². The van der Waals surface area contributed by atoms with Gasteiger partial charge < -0.3 is 24.8 Å². The van der Waals surface area contributed by atoms with Crippen molar-refractivity contribution in [2.75, 3.05) is 52.6 Å². The highest BCUT2D eigenvalue weighted by molar-refractivity contribution is 4.84. The first-order valence-electron chi connectivity index (χ1n) is 8.59. The zero-order valence-corrected chi connectivity index (χ0v) is 13.4. The van der Waals surface area contributed by atoms with Gasteiger partial charge in [-0.15, -0.1) is 0 Å². The summed E-state index contributed by atoms with van der Waals surface area (Å²) in [6.45, 7) is 9.07. The monoisotopic (exact) mass is 300 g/mol. The van der Waals surface area contributed by atoms with Crippen molar-refractivity contribution in [3.05, 3.63) is 0 Å². The van der Waals surface area contributed by atoms with Crippen LogP contribution in [-0.4, -0.2) is 74.8 Å². The molecule has 21 heavy (non-hydrogen) atoms. The summed E-state index contributed by atoms with van der Waals surface area (Å²) in [5, 5.41) is 12.5. The average molecular weight is 300 g/mol. The van der Waals surface area contributed by atoms with E-state index in [0.29, 0.717) is 24.7 Å². The zero-order chi connectivity index (χ0) is 14.9. The minimum atomic E-state index is 0.129. The van der Waals surface area contributed by atoms with Crippen LogP contribution in [0.2, 0.25) is 0 Å². The fraction of sp³-hybridized carbons (Fsp3) is 1.00. The fourth-order valence-corrected chi connectivity index (χ4v) is 3.38. The molecule has 2 unspecified atom stereocenters. The zero-order valence-electron chi connectivity index (χ0n) is 13.4. The molecule has 2 rings (SSSR count). The van der Waals surface area contributed by atoms with Gasteiger partial charge in [-0.3, -0.25) is 0 Å². The lowest BCUT2D eigenvalue weighted by molar-refractivity contribution is -0.0226. The third-order valence-corrected chi connectivity index (χ3v) is 4.60. The summed E-state index contributed by atoms with van der Waals surface area (Å²) in [5.74, 6) is 0.611. The van der Waals surface area contributed by atoms with Crippen molar-refractivity contribution in [2.45, 2.75) is 44.8 Å². The lowest BCUT2D eigenvalue weighted by Crippen LogP contribution is -2.49. The number of nitrogens with one attached hydrogen (secondary N) is 1. The molecular weight excluding hydrogens is 268 g/mol.